The molecule has 3 atom stereocenters. The number of halogens is 2. The summed E-state index contributed by atoms with van der Waals surface area (Å²) in [6.07, 6.45) is 5.20. The van der Waals surface area contributed by atoms with Crippen molar-refractivity contribution >= 4 is 41.0 Å². The molecule has 0 bridgehead atoms. The van der Waals surface area contributed by atoms with Gasteiger partial charge in [-0.05, 0) is 37.3 Å². The summed E-state index contributed by atoms with van der Waals surface area (Å²) in [6.45, 7) is 3.85. The molecular weight excluding hydrogens is 389 g/mol. The topological polar surface area (TPSA) is 63.7 Å². The number of imide groups is 1. The predicted molar refractivity (Wildman–Crippen MR) is 103 cm³/mol. The highest BCUT2D eigenvalue weighted by atomic mass is 35.5. The van der Waals surface area contributed by atoms with Gasteiger partial charge in [0.05, 0.1) is 16.9 Å². The van der Waals surface area contributed by atoms with Gasteiger partial charge in [-0.25, -0.2) is 4.79 Å². The molecule has 3 unspecified atom stereocenters. The van der Waals surface area contributed by atoms with Crippen molar-refractivity contribution in [1.82, 2.24) is 4.90 Å². The van der Waals surface area contributed by atoms with Gasteiger partial charge in [0, 0.05) is 0 Å². The normalized spacial score (nSPS) is 22.9. The second kappa shape index (κ2) is 8.03. The Morgan fingerprint density at radius 1 is 1.15 bits per heavy atom. The van der Waals surface area contributed by atoms with Crippen molar-refractivity contribution < 1.29 is 19.1 Å². The average molecular weight is 410 g/mol. The molecule has 1 aliphatic carbocycles. The number of rotatable bonds is 5. The molecule has 1 aromatic carbocycles. The highest BCUT2D eigenvalue weighted by molar-refractivity contribution is 6.43. The molecule has 144 valence electrons. The highest BCUT2D eigenvalue weighted by Gasteiger charge is 2.51. The molecule has 1 heterocycles. The fraction of sp³-hybridized carbons (Fsp3) is 0.450. The first-order chi connectivity index (χ1) is 12.8. The summed E-state index contributed by atoms with van der Waals surface area (Å²) in [5.41, 5.74) is 0. The third-order valence-corrected chi connectivity index (χ3v) is 5.75. The highest BCUT2D eigenvalue weighted by Crippen LogP contribution is 2.38. The van der Waals surface area contributed by atoms with Crippen LogP contribution in [0, 0.1) is 17.8 Å². The number of likely N-dealkylation sites (tertiary alicyclic amines) is 1. The van der Waals surface area contributed by atoms with Crippen LogP contribution in [0.3, 0.4) is 0 Å². The third kappa shape index (κ3) is 3.90. The molecule has 0 N–H and O–H groups in total. The minimum atomic E-state index is -0.981. The molecule has 0 radical (unpaired) electrons. The largest absolute Gasteiger partial charge is 0.423 e. The van der Waals surface area contributed by atoms with Gasteiger partial charge in [0.2, 0.25) is 11.8 Å². The molecule has 0 spiro atoms. The second-order valence-electron chi connectivity index (χ2n) is 7.32. The monoisotopic (exact) mass is 409 g/mol. The van der Waals surface area contributed by atoms with E-state index in [1.807, 2.05) is 26.0 Å². The molecule has 1 saturated heterocycles. The second-order valence-corrected chi connectivity index (χ2v) is 8.11. The maximum Gasteiger partial charge on any atom is 0.334 e. The van der Waals surface area contributed by atoms with Crippen LogP contribution in [0.1, 0.15) is 33.1 Å². The summed E-state index contributed by atoms with van der Waals surface area (Å²) in [7, 11) is 0. The molecule has 3 rings (SSSR count). The molecule has 0 aromatic heterocycles. The number of allylic oxidation sites excluding steroid dienone is 2. The number of ether oxygens (including phenoxy) is 1. The van der Waals surface area contributed by atoms with E-state index in [2.05, 4.69) is 0 Å². The van der Waals surface area contributed by atoms with E-state index in [1.54, 1.807) is 12.1 Å². The van der Waals surface area contributed by atoms with E-state index in [0.717, 1.165) is 4.90 Å². The Balaban J connectivity index is 1.87. The van der Waals surface area contributed by atoms with E-state index in [9.17, 15) is 14.4 Å². The van der Waals surface area contributed by atoms with Crippen LogP contribution < -0.4 is 4.74 Å². The van der Waals surface area contributed by atoms with Gasteiger partial charge in [-0.15, -0.1) is 0 Å². The molecule has 7 heteroatoms. The van der Waals surface area contributed by atoms with Crippen LogP contribution in [0.25, 0.3) is 0 Å². The van der Waals surface area contributed by atoms with Crippen molar-refractivity contribution in [3.8, 4) is 5.75 Å². The lowest BCUT2D eigenvalue weighted by atomic mass is 9.85. The maximum absolute atomic E-state index is 12.9. The standard InChI is InChI=1S/C20H21Cl2NO4/c1-11(2)10-15(20(26)27-16-9-5-8-14(21)17(16)22)23-18(24)12-6-3-4-7-13(12)19(23)25/h3-5,8-9,11-13,15H,6-7,10H2,1-2H3. The molecule has 27 heavy (non-hydrogen) atoms. The van der Waals surface area contributed by atoms with Crippen LogP contribution in [0.15, 0.2) is 30.4 Å². The van der Waals surface area contributed by atoms with Crippen molar-refractivity contribution in [2.75, 3.05) is 0 Å². The number of nitrogens with zero attached hydrogens (tertiary/aromatic N) is 1. The Morgan fingerprint density at radius 3 is 2.30 bits per heavy atom. The number of carbonyl (C=O) groups excluding carboxylic acids is 3. The summed E-state index contributed by atoms with van der Waals surface area (Å²) >= 11 is 12.1. The Kier molecular flexibility index (Phi) is 5.92. The number of carbonyl (C=O) groups is 3. The first-order valence-electron chi connectivity index (χ1n) is 8.98. The molecule has 1 fully saturated rings. The van der Waals surface area contributed by atoms with Crippen LogP contribution in [0.4, 0.5) is 0 Å². The summed E-state index contributed by atoms with van der Waals surface area (Å²) in [5.74, 6) is -1.86. The van der Waals surface area contributed by atoms with Gasteiger partial charge in [0.25, 0.3) is 0 Å². The van der Waals surface area contributed by atoms with E-state index in [-0.39, 0.29) is 45.4 Å². The minimum Gasteiger partial charge on any atom is -0.423 e. The molecule has 5 nitrogen and oxygen atoms in total. The quantitative estimate of drug-likeness (QED) is 0.315. The molecule has 2 aliphatic rings. The lowest BCUT2D eigenvalue weighted by molar-refractivity contribution is -0.154. The Morgan fingerprint density at radius 2 is 1.74 bits per heavy atom. The van der Waals surface area contributed by atoms with E-state index < -0.39 is 12.0 Å². The van der Waals surface area contributed by atoms with E-state index in [1.165, 1.54) is 6.07 Å². The van der Waals surface area contributed by atoms with Gasteiger partial charge in [0.1, 0.15) is 11.1 Å². The molecule has 1 aliphatic heterocycles. The minimum absolute atomic E-state index is 0.0822. The van der Waals surface area contributed by atoms with Gasteiger partial charge in [-0.3, -0.25) is 14.5 Å². The zero-order valence-corrected chi connectivity index (χ0v) is 16.7. The summed E-state index contributed by atoms with van der Waals surface area (Å²) < 4.78 is 5.43. The first-order valence-corrected chi connectivity index (χ1v) is 9.74. The number of fused-ring (bicyclic) bond motifs is 1. The number of hydrogen-bond donors (Lipinski definition) is 0. The van der Waals surface area contributed by atoms with Crippen molar-refractivity contribution in [3.63, 3.8) is 0 Å². The van der Waals surface area contributed by atoms with Crippen molar-refractivity contribution in [2.24, 2.45) is 17.8 Å². The van der Waals surface area contributed by atoms with E-state index in [4.69, 9.17) is 27.9 Å². The van der Waals surface area contributed by atoms with Gasteiger partial charge in [-0.2, -0.15) is 0 Å². The van der Waals surface area contributed by atoms with Gasteiger partial charge < -0.3 is 4.74 Å². The van der Waals surface area contributed by atoms with E-state index in [0.29, 0.717) is 19.3 Å². The van der Waals surface area contributed by atoms with Crippen molar-refractivity contribution in [1.29, 1.82) is 0 Å². The number of benzene rings is 1. The first kappa shape index (κ1) is 19.9. The lowest BCUT2D eigenvalue weighted by Gasteiger charge is -2.26. The summed E-state index contributed by atoms with van der Waals surface area (Å²) in [4.78, 5) is 39.8. The summed E-state index contributed by atoms with van der Waals surface area (Å²) in [6, 6.07) is 3.74. The van der Waals surface area contributed by atoms with Gasteiger partial charge >= 0.3 is 5.97 Å². The van der Waals surface area contributed by atoms with Gasteiger partial charge in [-0.1, -0.05) is 55.3 Å². The van der Waals surface area contributed by atoms with Crippen LogP contribution in [-0.2, 0) is 14.4 Å². The number of hydrogen-bond acceptors (Lipinski definition) is 4. The lowest BCUT2D eigenvalue weighted by Crippen LogP contribution is -2.48. The Bertz CT molecular complexity index is 779. The fourth-order valence-electron chi connectivity index (χ4n) is 3.63. The smallest absolute Gasteiger partial charge is 0.334 e. The van der Waals surface area contributed by atoms with Crippen LogP contribution in [-0.4, -0.2) is 28.7 Å². The van der Waals surface area contributed by atoms with Crippen LogP contribution in [0.2, 0.25) is 10.0 Å². The summed E-state index contributed by atoms with van der Waals surface area (Å²) in [5, 5.41) is 0.376. The van der Waals surface area contributed by atoms with Crippen molar-refractivity contribution in [2.45, 2.75) is 39.2 Å². The Hall–Kier alpha value is -1.85. The third-order valence-electron chi connectivity index (χ3n) is 4.95. The SMILES string of the molecule is CC(C)CC(C(=O)Oc1cccc(Cl)c1Cl)N1C(=O)C2CC=CCC2C1=O. The molecule has 1 aromatic rings. The molecular formula is C20H21Cl2NO4. The fourth-order valence-corrected chi connectivity index (χ4v) is 3.96. The van der Waals surface area contributed by atoms with Crippen LogP contribution >= 0.6 is 23.2 Å². The van der Waals surface area contributed by atoms with Gasteiger partial charge in [0.15, 0.2) is 5.75 Å². The van der Waals surface area contributed by atoms with Crippen LogP contribution in [0.5, 0.6) is 5.75 Å². The average Bonchev–Trinajstić information content (AvgIpc) is 2.88. The van der Waals surface area contributed by atoms with E-state index >= 15 is 0 Å². The number of esters is 1. The maximum atomic E-state index is 12.9. The molecule has 2 amide bonds. The zero-order valence-electron chi connectivity index (χ0n) is 15.2. The molecule has 0 saturated carbocycles. The Labute approximate surface area is 168 Å². The number of amides is 2. The zero-order chi connectivity index (χ0) is 19.7. The predicted octanol–water partition coefficient (Wildman–Crippen LogP) is 4.26. The van der Waals surface area contributed by atoms with Crippen molar-refractivity contribution in [3.05, 3.63) is 40.4 Å².